The van der Waals surface area contributed by atoms with Crippen molar-refractivity contribution in [1.29, 1.82) is 0 Å². The maximum Gasteiger partial charge on any atom is 0.324 e. The molecule has 3 rings (SSSR count). The number of anilines is 1. The summed E-state index contributed by atoms with van der Waals surface area (Å²) in [5, 5.41) is 15.7. The van der Waals surface area contributed by atoms with Gasteiger partial charge in [0.05, 0.1) is 12.7 Å². The maximum absolute atomic E-state index is 13.0. The zero-order valence-electron chi connectivity index (χ0n) is 13.4. The van der Waals surface area contributed by atoms with Crippen molar-refractivity contribution in [2.24, 2.45) is 0 Å². The normalized spacial score (nSPS) is 19.8. The number of carbonyl (C=O) groups excluding carboxylic acids is 2. The maximum atomic E-state index is 13.0. The molecule has 24 heavy (non-hydrogen) atoms. The molecule has 0 bridgehead atoms. The van der Waals surface area contributed by atoms with Crippen LogP contribution in [0.1, 0.15) is 23.2 Å². The molecule has 1 aliphatic rings. The molecule has 6 nitrogen and oxygen atoms in total. The molecular weight excluding hydrogens is 306 g/mol. The lowest BCUT2D eigenvalue weighted by molar-refractivity contribution is -0.578. The monoisotopic (exact) mass is 325 g/mol. The number of nitrogens with zero attached hydrogens (tertiary/aromatic N) is 2. The van der Waals surface area contributed by atoms with Crippen LogP contribution in [0, 0.1) is 0 Å². The Morgan fingerprint density at radius 3 is 2.62 bits per heavy atom. The van der Waals surface area contributed by atoms with Crippen molar-refractivity contribution in [3.05, 3.63) is 60.3 Å². The lowest BCUT2D eigenvalue weighted by atomic mass is 9.93. The zero-order chi connectivity index (χ0) is 17.1. The first-order chi connectivity index (χ1) is 11.6. The Labute approximate surface area is 140 Å². The summed E-state index contributed by atoms with van der Waals surface area (Å²) in [6, 6.07) is 14.4. The number of rotatable bonds is 4. The fourth-order valence-corrected chi connectivity index (χ4v) is 3.00. The Morgan fingerprint density at radius 1 is 1.21 bits per heavy atom. The van der Waals surface area contributed by atoms with Gasteiger partial charge in [-0.25, -0.2) is 4.79 Å². The van der Waals surface area contributed by atoms with Gasteiger partial charge in [-0.2, -0.15) is 4.57 Å². The van der Waals surface area contributed by atoms with Gasteiger partial charge < -0.3 is 10.4 Å². The summed E-state index contributed by atoms with van der Waals surface area (Å²) in [5.41, 5.74) is 0.703. The van der Waals surface area contributed by atoms with E-state index in [1.54, 1.807) is 41.4 Å². The van der Waals surface area contributed by atoms with Crippen LogP contribution >= 0.6 is 0 Å². The third-order valence-corrected chi connectivity index (χ3v) is 4.11. The van der Waals surface area contributed by atoms with Crippen molar-refractivity contribution >= 4 is 17.6 Å². The summed E-state index contributed by atoms with van der Waals surface area (Å²) >= 11 is 0. The summed E-state index contributed by atoms with van der Waals surface area (Å²) in [7, 11) is 0. The number of fused-ring (bicyclic) bond motifs is 1. The highest BCUT2D eigenvalue weighted by atomic mass is 16.3. The average molecular weight is 325 g/mol. The minimum Gasteiger partial charge on any atom is -0.817 e. The SMILES string of the molecule is CC(=O)NCCN1c2cccc[n+]2C(=O)C(c2ccccc2)C1[O-]. The van der Waals surface area contributed by atoms with E-state index in [1.165, 1.54) is 11.5 Å². The molecule has 6 heteroatoms. The highest BCUT2D eigenvalue weighted by molar-refractivity contribution is 5.80. The van der Waals surface area contributed by atoms with Crippen LogP contribution in [0.4, 0.5) is 5.82 Å². The number of hydrogen-bond donors (Lipinski definition) is 1. The van der Waals surface area contributed by atoms with Crippen molar-refractivity contribution < 1.29 is 19.3 Å². The fourth-order valence-electron chi connectivity index (χ4n) is 3.00. The number of aromatic nitrogens is 1. The number of amides is 1. The molecule has 0 spiro atoms. The van der Waals surface area contributed by atoms with Crippen molar-refractivity contribution in [3.8, 4) is 0 Å². The van der Waals surface area contributed by atoms with Gasteiger partial charge in [0.2, 0.25) is 5.91 Å². The number of carbonyl (C=O) groups is 2. The molecule has 1 amide bonds. The quantitative estimate of drug-likeness (QED) is 0.806. The van der Waals surface area contributed by atoms with E-state index in [0.29, 0.717) is 24.5 Å². The van der Waals surface area contributed by atoms with E-state index in [-0.39, 0.29) is 11.8 Å². The Hall–Kier alpha value is -2.73. The van der Waals surface area contributed by atoms with Crippen LogP contribution in [-0.2, 0) is 4.79 Å². The summed E-state index contributed by atoms with van der Waals surface area (Å²) in [6.45, 7) is 2.12. The molecular formula is C18H19N3O3. The molecule has 1 aliphatic heterocycles. The van der Waals surface area contributed by atoms with Crippen LogP contribution < -0.4 is 19.9 Å². The highest BCUT2D eigenvalue weighted by Gasteiger charge is 2.41. The smallest absolute Gasteiger partial charge is 0.324 e. The third kappa shape index (κ3) is 3.00. The van der Waals surface area contributed by atoms with Crippen molar-refractivity contribution in [1.82, 2.24) is 5.32 Å². The number of pyridine rings is 1. The predicted octanol–water partition coefficient (Wildman–Crippen LogP) is 0.0406. The standard InChI is InChI=1S/C18H19N3O3/c1-13(22)19-10-12-21-15-9-5-6-11-20(15)17(23)16(18(21)24)14-7-3-2-4-8-14/h2-9,11,16,18H,10,12H2,1H3,(H,19,22). The molecule has 0 aliphatic carbocycles. The first-order valence-corrected chi connectivity index (χ1v) is 7.86. The van der Waals surface area contributed by atoms with Crippen molar-refractivity contribution in [2.75, 3.05) is 18.0 Å². The molecule has 2 unspecified atom stereocenters. The van der Waals surface area contributed by atoms with Crippen LogP contribution in [0.15, 0.2) is 54.7 Å². The largest absolute Gasteiger partial charge is 0.817 e. The Morgan fingerprint density at radius 2 is 1.92 bits per heavy atom. The van der Waals surface area contributed by atoms with Gasteiger partial charge in [0.25, 0.3) is 5.82 Å². The van der Waals surface area contributed by atoms with Crippen LogP contribution in [0.3, 0.4) is 0 Å². The van der Waals surface area contributed by atoms with Gasteiger partial charge in [-0.1, -0.05) is 36.4 Å². The van der Waals surface area contributed by atoms with Crippen LogP contribution in [-0.4, -0.2) is 31.1 Å². The van der Waals surface area contributed by atoms with Gasteiger partial charge >= 0.3 is 5.91 Å². The zero-order valence-corrected chi connectivity index (χ0v) is 13.4. The lowest BCUT2D eigenvalue weighted by Crippen LogP contribution is -2.66. The Kier molecular flexibility index (Phi) is 4.57. The van der Waals surface area contributed by atoms with Gasteiger partial charge in [0, 0.05) is 19.2 Å². The van der Waals surface area contributed by atoms with Gasteiger partial charge in [0.15, 0.2) is 0 Å². The Bertz CT molecular complexity index is 748. The number of nitrogens with one attached hydrogen (secondary N) is 1. The lowest BCUT2D eigenvalue weighted by Gasteiger charge is -2.40. The molecule has 2 atom stereocenters. The van der Waals surface area contributed by atoms with Gasteiger partial charge in [-0.3, -0.25) is 9.69 Å². The highest BCUT2D eigenvalue weighted by Crippen LogP contribution is 2.27. The van der Waals surface area contributed by atoms with E-state index in [4.69, 9.17) is 0 Å². The topological polar surface area (TPSA) is 76.4 Å². The van der Waals surface area contributed by atoms with Crippen molar-refractivity contribution in [2.45, 2.75) is 19.1 Å². The Balaban J connectivity index is 1.97. The van der Waals surface area contributed by atoms with E-state index >= 15 is 0 Å². The van der Waals surface area contributed by atoms with Gasteiger partial charge in [0.1, 0.15) is 12.5 Å². The van der Waals surface area contributed by atoms with Gasteiger partial charge in [-0.05, 0) is 11.6 Å². The first kappa shape index (κ1) is 16.1. The van der Waals surface area contributed by atoms with Gasteiger partial charge in [-0.15, -0.1) is 0 Å². The van der Waals surface area contributed by atoms with Crippen LogP contribution in [0.2, 0.25) is 0 Å². The molecule has 0 saturated carbocycles. The fraction of sp³-hybridized carbons (Fsp3) is 0.278. The minimum atomic E-state index is -1.24. The van der Waals surface area contributed by atoms with Crippen LogP contribution in [0.25, 0.3) is 0 Å². The second-order valence-corrected chi connectivity index (χ2v) is 5.72. The molecule has 0 saturated heterocycles. The molecule has 1 N–H and O–H groups in total. The minimum absolute atomic E-state index is 0.147. The van der Waals surface area contributed by atoms with E-state index in [1.807, 2.05) is 18.2 Å². The molecule has 1 aromatic heterocycles. The van der Waals surface area contributed by atoms with Crippen molar-refractivity contribution in [3.63, 3.8) is 0 Å². The second kappa shape index (κ2) is 6.80. The molecule has 2 aromatic rings. The third-order valence-electron chi connectivity index (χ3n) is 4.11. The molecule has 0 fully saturated rings. The first-order valence-electron chi connectivity index (χ1n) is 7.86. The summed E-state index contributed by atoms with van der Waals surface area (Å²) in [6.07, 6.45) is 0.432. The molecule has 1 aromatic carbocycles. The van der Waals surface area contributed by atoms with E-state index < -0.39 is 12.1 Å². The average Bonchev–Trinajstić information content (AvgIpc) is 2.59. The molecule has 2 heterocycles. The van der Waals surface area contributed by atoms with E-state index in [9.17, 15) is 14.7 Å². The summed E-state index contributed by atoms with van der Waals surface area (Å²) in [5.74, 6) is -0.609. The summed E-state index contributed by atoms with van der Waals surface area (Å²) in [4.78, 5) is 25.5. The van der Waals surface area contributed by atoms with E-state index in [0.717, 1.165) is 0 Å². The number of benzene rings is 1. The molecule has 0 radical (unpaired) electrons. The second-order valence-electron chi connectivity index (χ2n) is 5.72. The summed E-state index contributed by atoms with van der Waals surface area (Å²) < 4.78 is 1.51. The number of hydrogen-bond acceptors (Lipinski definition) is 4. The van der Waals surface area contributed by atoms with Crippen LogP contribution in [0.5, 0.6) is 0 Å². The molecule has 124 valence electrons. The van der Waals surface area contributed by atoms with E-state index in [2.05, 4.69) is 5.32 Å². The predicted molar refractivity (Wildman–Crippen MR) is 86.3 cm³/mol.